The molecule has 0 aromatic carbocycles. The topological polar surface area (TPSA) is 57.5 Å². The molecule has 2 heterocycles. The van der Waals surface area contributed by atoms with Gasteiger partial charge in [0.2, 0.25) is 5.88 Å². The number of hydrogen-bond acceptors (Lipinski definition) is 5. The summed E-state index contributed by atoms with van der Waals surface area (Å²) in [6.07, 6.45) is 0. The average Bonchev–Trinajstić information content (AvgIpc) is 2.68. The highest BCUT2D eigenvalue weighted by Gasteiger charge is 2.27. The van der Waals surface area contributed by atoms with Gasteiger partial charge in [0.25, 0.3) is 0 Å². The van der Waals surface area contributed by atoms with Crippen LogP contribution in [0.25, 0.3) is 0 Å². The van der Waals surface area contributed by atoms with E-state index in [1.54, 1.807) is 11.8 Å². The minimum Gasteiger partial charge on any atom is -0.481 e. The van der Waals surface area contributed by atoms with Crippen LogP contribution in [-0.2, 0) is 23.1 Å². The first kappa shape index (κ1) is 13.3. The molecule has 1 N–H and O–H groups in total. The first-order valence-electron chi connectivity index (χ1n) is 6.08. The summed E-state index contributed by atoms with van der Waals surface area (Å²) in [5, 5.41) is 7.70. The van der Waals surface area contributed by atoms with Crippen molar-refractivity contribution in [3.05, 3.63) is 11.8 Å². The number of nitrogens with zero attached hydrogens (tertiary/aromatic N) is 2. The Hall–Kier alpha value is -1.11. The standard InChI is InChI=1S/C12H21N3O3/c1-12(2)17-7-10(8-18-12)13-6-9-5-11(16-4)15(3)14-9/h5,10,13H,6-8H2,1-4H3. The maximum absolute atomic E-state index is 5.58. The van der Waals surface area contributed by atoms with Gasteiger partial charge in [-0.15, -0.1) is 0 Å². The Morgan fingerprint density at radius 1 is 1.50 bits per heavy atom. The second-order valence-corrected chi connectivity index (χ2v) is 4.90. The van der Waals surface area contributed by atoms with Gasteiger partial charge in [0.1, 0.15) is 0 Å². The molecule has 0 spiro atoms. The molecule has 0 atom stereocenters. The molecular formula is C12H21N3O3. The fourth-order valence-electron chi connectivity index (χ4n) is 1.84. The van der Waals surface area contributed by atoms with E-state index in [4.69, 9.17) is 14.2 Å². The molecule has 0 radical (unpaired) electrons. The molecule has 102 valence electrons. The molecule has 0 saturated carbocycles. The highest BCUT2D eigenvalue weighted by molar-refractivity contribution is 5.15. The zero-order valence-electron chi connectivity index (χ0n) is 11.4. The quantitative estimate of drug-likeness (QED) is 0.857. The summed E-state index contributed by atoms with van der Waals surface area (Å²) >= 11 is 0. The summed E-state index contributed by atoms with van der Waals surface area (Å²) in [7, 11) is 3.50. The normalized spacial score (nSPS) is 20.0. The van der Waals surface area contributed by atoms with Gasteiger partial charge in [-0.3, -0.25) is 0 Å². The largest absolute Gasteiger partial charge is 0.481 e. The van der Waals surface area contributed by atoms with Gasteiger partial charge in [0.05, 0.1) is 32.1 Å². The fraction of sp³-hybridized carbons (Fsp3) is 0.750. The van der Waals surface area contributed by atoms with Crippen molar-refractivity contribution < 1.29 is 14.2 Å². The average molecular weight is 255 g/mol. The fourth-order valence-corrected chi connectivity index (χ4v) is 1.84. The molecule has 1 aromatic heterocycles. The number of ether oxygens (including phenoxy) is 3. The zero-order valence-corrected chi connectivity index (χ0v) is 11.4. The Labute approximate surface area is 107 Å². The highest BCUT2D eigenvalue weighted by atomic mass is 16.7. The van der Waals surface area contributed by atoms with Gasteiger partial charge >= 0.3 is 0 Å². The Morgan fingerprint density at radius 2 is 2.17 bits per heavy atom. The van der Waals surface area contributed by atoms with Crippen LogP contribution in [0.2, 0.25) is 0 Å². The van der Waals surface area contributed by atoms with E-state index < -0.39 is 5.79 Å². The zero-order chi connectivity index (χ0) is 13.2. The first-order valence-corrected chi connectivity index (χ1v) is 6.08. The maximum Gasteiger partial charge on any atom is 0.211 e. The van der Waals surface area contributed by atoms with Crippen LogP contribution in [0.1, 0.15) is 19.5 Å². The van der Waals surface area contributed by atoms with Crippen molar-refractivity contribution in [2.45, 2.75) is 32.2 Å². The van der Waals surface area contributed by atoms with E-state index in [9.17, 15) is 0 Å². The van der Waals surface area contributed by atoms with Crippen LogP contribution < -0.4 is 10.1 Å². The lowest BCUT2D eigenvalue weighted by molar-refractivity contribution is -0.253. The van der Waals surface area contributed by atoms with Crippen molar-refractivity contribution in [2.75, 3.05) is 20.3 Å². The molecule has 1 fully saturated rings. The third-order valence-electron chi connectivity index (χ3n) is 2.93. The van der Waals surface area contributed by atoms with Crippen LogP contribution in [0, 0.1) is 0 Å². The van der Waals surface area contributed by atoms with Gasteiger partial charge < -0.3 is 19.5 Å². The lowest BCUT2D eigenvalue weighted by Gasteiger charge is -2.35. The number of aromatic nitrogens is 2. The van der Waals surface area contributed by atoms with Crippen molar-refractivity contribution in [3.63, 3.8) is 0 Å². The lowest BCUT2D eigenvalue weighted by atomic mass is 10.2. The summed E-state index contributed by atoms with van der Waals surface area (Å²) < 4.78 is 18.0. The molecular weight excluding hydrogens is 234 g/mol. The summed E-state index contributed by atoms with van der Waals surface area (Å²) in [5.41, 5.74) is 0.944. The van der Waals surface area contributed by atoms with Gasteiger partial charge in [-0.25, -0.2) is 4.68 Å². The minimum absolute atomic E-state index is 0.200. The minimum atomic E-state index is -0.466. The van der Waals surface area contributed by atoms with Crippen molar-refractivity contribution in [2.24, 2.45) is 7.05 Å². The van der Waals surface area contributed by atoms with E-state index in [0.29, 0.717) is 19.8 Å². The van der Waals surface area contributed by atoms with Crippen molar-refractivity contribution >= 4 is 0 Å². The molecule has 18 heavy (non-hydrogen) atoms. The summed E-state index contributed by atoms with van der Waals surface area (Å²) in [4.78, 5) is 0. The number of rotatable bonds is 4. The highest BCUT2D eigenvalue weighted by Crippen LogP contribution is 2.17. The van der Waals surface area contributed by atoms with E-state index in [0.717, 1.165) is 11.6 Å². The Bertz CT molecular complexity index is 393. The van der Waals surface area contributed by atoms with E-state index in [-0.39, 0.29) is 6.04 Å². The Kier molecular flexibility index (Phi) is 3.89. The monoisotopic (exact) mass is 255 g/mol. The molecule has 6 heteroatoms. The molecule has 0 unspecified atom stereocenters. The van der Waals surface area contributed by atoms with E-state index in [1.807, 2.05) is 27.0 Å². The van der Waals surface area contributed by atoms with Gasteiger partial charge in [-0.05, 0) is 13.8 Å². The smallest absolute Gasteiger partial charge is 0.211 e. The van der Waals surface area contributed by atoms with Gasteiger partial charge in [0.15, 0.2) is 5.79 Å². The van der Waals surface area contributed by atoms with Crippen LogP contribution in [0.3, 0.4) is 0 Å². The molecule has 0 aliphatic carbocycles. The van der Waals surface area contributed by atoms with Crippen LogP contribution in [0.5, 0.6) is 5.88 Å². The summed E-state index contributed by atoms with van der Waals surface area (Å²) in [5.74, 6) is 0.288. The summed E-state index contributed by atoms with van der Waals surface area (Å²) in [6.45, 7) is 5.82. The molecule has 6 nitrogen and oxygen atoms in total. The SMILES string of the molecule is COc1cc(CNC2COC(C)(C)OC2)nn1C. The Balaban J connectivity index is 1.81. The lowest BCUT2D eigenvalue weighted by Crippen LogP contribution is -2.48. The van der Waals surface area contributed by atoms with Crippen molar-refractivity contribution in [3.8, 4) is 5.88 Å². The van der Waals surface area contributed by atoms with Crippen LogP contribution in [0.15, 0.2) is 6.07 Å². The van der Waals surface area contributed by atoms with Crippen LogP contribution in [0.4, 0.5) is 0 Å². The van der Waals surface area contributed by atoms with Crippen molar-refractivity contribution in [1.29, 1.82) is 0 Å². The molecule has 1 aliphatic rings. The predicted molar refractivity (Wildman–Crippen MR) is 66.4 cm³/mol. The maximum atomic E-state index is 5.58. The predicted octanol–water partition coefficient (Wildman–Crippen LogP) is 0.670. The molecule has 1 saturated heterocycles. The van der Waals surface area contributed by atoms with Gasteiger partial charge in [0, 0.05) is 19.7 Å². The first-order chi connectivity index (χ1) is 8.50. The second-order valence-electron chi connectivity index (χ2n) is 4.90. The molecule has 0 amide bonds. The third-order valence-corrected chi connectivity index (χ3v) is 2.93. The number of hydrogen-bond donors (Lipinski definition) is 1. The number of nitrogens with one attached hydrogen (secondary N) is 1. The molecule has 0 bridgehead atoms. The van der Waals surface area contributed by atoms with Crippen LogP contribution >= 0.6 is 0 Å². The van der Waals surface area contributed by atoms with Gasteiger partial charge in [-0.2, -0.15) is 5.10 Å². The third kappa shape index (κ3) is 3.22. The number of aryl methyl sites for hydroxylation is 1. The van der Waals surface area contributed by atoms with E-state index >= 15 is 0 Å². The van der Waals surface area contributed by atoms with Gasteiger partial charge in [-0.1, -0.05) is 0 Å². The molecule has 2 rings (SSSR count). The van der Waals surface area contributed by atoms with Crippen LogP contribution in [-0.4, -0.2) is 41.9 Å². The number of methoxy groups -OCH3 is 1. The second kappa shape index (κ2) is 5.26. The molecule has 1 aromatic rings. The summed E-state index contributed by atoms with van der Waals surface area (Å²) in [6, 6.07) is 2.12. The Morgan fingerprint density at radius 3 is 2.72 bits per heavy atom. The molecule has 1 aliphatic heterocycles. The van der Waals surface area contributed by atoms with E-state index in [2.05, 4.69) is 10.4 Å². The van der Waals surface area contributed by atoms with Crippen molar-refractivity contribution in [1.82, 2.24) is 15.1 Å². The van der Waals surface area contributed by atoms with E-state index in [1.165, 1.54) is 0 Å².